The highest BCUT2D eigenvalue weighted by Crippen LogP contribution is 2.03. The maximum Gasteiger partial charge on any atom is 0.271 e. The van der Waals surface area contributed by atoms with Crippen LogP contribution in [0.5, 0.6) is 0 Å². The number of carbonyl (C=O) groups is 2. The van der Waals surface area contributed by atoms with Gasteiger partial charge in [-0.3, -0.25) is 9.59 Å². The van der Waals surface area contributed by atoms with Crippen molar-refractivity contribution in [2.24, 2.45) is 5.73 Å². The Labute approximate surface area is 111 Å². The van der Waals surface area contributed by atoms with Gasteiger partial charge in [0.2, 0.25) is 5.91 Å². The summed E-state index contributed by atoms with van der Waals surface area (Å²) in [5, 5.41) is 5.24. The highest BCUT2D eigenvalue weighted by molar-refractivity contribution is 5.94. The molecule has 0 aliphatic carbocycles. The summed E-state index contributed by atoms with van der Waals surface area (Å²) in [6.07, 6.45) is 1.52. The summed E-state index contributed by atoms with van der Waals surface area (Å²) in [6.45, 7) is 2.34. The van der Waals surface area contributed by atoms with E-state index in [0.717, 1.165) is 0 Å². The van der Waals surface area contributed by atoms with Gasteiger partial charge in [-0.1, -0.05) is 11.8 Å². The Morgan fingerprint density at radius 3 is 2.79 bits per heavy atom. The van der Waals surface area contributed by atoms with E-state index in [-0.39, 0.29) is 24.1 Å². The first-order chi connectivity index (χ1) is 9.15. The molecule has 4 N–H and O–H groups in total. The van der Waals surface area contributed by atoms with Crippen LogP contribution in [0, 0.1) is 11.8 Å². The van der Waals surface area contributed by atoms with Crippen LogP contribution in [0.1, 0.15) is 23.0 Å². The van der Waals surface area contributed by atoms with Crippen molar-refractivity contribution in [2.75, 3.05) is 19.6 Å². The molecule has 0 aliphatic rings. The Morgan fingerprint density at radius 1 is 1.37 bits per heavy atom. The molecule has 0 bridgehead atoms. The third kappa shape index (κ3) is 5.19. The van der Waals surface area contributed by atoms with Crippen LogP contribution in [0.25, 0.3) is 0 Å². The summed E-state index contributed by atoms with van der Waals surface area (Å²) in [7, 11) is 0. The lowest BCUT2D eigenvalue weighted by molar-refractivity contribution is -0.118. The Bertz CT molecular complexity index is 517. The quantitative estimate of drug-likeness (QED) is 0.490. The van der Waals surface area contributed by atoms with Gasteiger partial charge < -0.3 is 16.4 Å². The number of nitrogens with one attached hydrogen (secondary N) is 2. The highest BCUT2D eigenvalue weighted by atomic mass is 16.2. The number of nitrogens with zero attached hydrogens (tertiary/aromatic N) is 1. The van der Waals surface area contributed by atoms with Crippen LogP contribution < -0.4 is 16.4 Å². The van der Waals surface area contributed by atoms with E-state index in [1.807, 2.05) is 0 Å². The third-order valence-electron chi connectivity index (χ3n) is 2.13. The van der Waals surface area contributed by atoms with Crippen molar-refractivity contribution < 1.29 is 9.59 Å². The Balaban J connectivity index is 2.63. The zero-order valence-corrected chi connectivity index (χ0v) is 10.7. The Morgan fingerprint density at radius 2 is 2.11 bits per heavy atom. The van der Waals surface area contributed by atoms with Crippen molar-refractivity contribution in [3.05, 3.63) is 29.6 Å². The molecule has 6 heteroatoms. The SMILES string of the molecule is CC(=O)NCCNC(=O)c1ncccc1C#CCN. The molecule has 19 heavy (non-hydrogen) atoms. The lowest BCUT2D eigenvalue weighted by Gasteiger charge is -2.06. The van der Waals surface area contributed by atoms with Crippen LogP contribution in [0.4, 0.5) is 0 Å². The van der Waals surface area contributed by atoms with Gasteiger partial charge in [0, 0.05) is 26.2 Å². The number of aromatic nitrogens is 1. The average molecular weight is 260 g/mol. The molecule has 0 spiro atoms. The van der Waals surface area contributed by atoms with Crippen molar-refractivity contribution in [1.29, 1.82) is 0 Å². The van der Waals surface area contributed by atoms with E-state index >= 15 is 0 Å². The molecule has 0 saturated heterocycles. The predicted molar refractivity (Wildman–Crippen MR) is 71.2 cm³/mol. The van der Waals surface area contributed by atoms with Gasteiger partial charge in [-0.15, -0.1) is 0 Å². The minimum Gasteiger partial charge on any atom is -0.355 e. The van der Waals surface area contributed by atoms with E-state index in [2.05, 4.69) is 27.5 Å². The highest BCUT2D eigenvalue weighted by Gasteiger charge is 2.10. The normalized spacial score (nSPS) is 9.16. The number of hydrogen-bond donors (Lipinski definition) is 3. The van der Waals surface area contributed by atoms with Crippen LogP contribution in [-0.2, 0) is 4.79 Å². The Kier molecular flexibility index (Phi) is 6.06. The van der Waals surface area contributed by atoms with Gasteiger partial charge in [0.05, 0.1) is 12.1 Å². The monoisotopic (exact) mass is 260 g/mol. The van der Waals surface area contributed by atoms with Crippen LogP contribution in [0.15, 0.2) is 18.3 Å². The molecule has 0 aliphatic heterocycles. The van der Waals surface area contributed by atoms with Gasteiger partial charge in [-0.05, 0) is 12.1 Å². The molecule has 0 atom stereocenters. The summed E-state index contributed by atoms with van der Waals surface area (Å²) in [4.78, 5) is 26.6. The number of pyridine rings is 1. The standard InChI is InChI=1S/C13H16N4O2/c1-10(18)15-8-9-17-13(19)12-11(4-2-6-14)5-3-7-16-12/h3,5,7H,6,8-9,14H2,1H3,(H,15,18)(H,17,19). The van der Waals surface area contributed by atoms with Gasteiger partial charge in [-0.25, -0.2) is 4.98 Å². The molecule has 100 valence electrons. The molecule has 0 fully saturated rings. The van der Waals surface area contributed by atoms with E-state index in [0.29, 0.717) is 18.7 Å². The molecule has 1 aromatic rings. The summed E-state index contributed by atoms with van der Waals surface area (Å²) >= 11 is 0. The number of hydrogen-bond acceptors (Lipinski definition) is 4. The molecule has 1 heterocycles. The first kappa shape index (κ1) is 14.7. The average Bonchev–Trinajstić information content (AvgIpc) is 2.41. The largest absolute Gasteiger partial charge is 0.355 e. The molecular formula is C13H16N4O2. The smallest absolute Gasteiger partial charge is 0.271 e. The molecule has 0 radical (unpaired) electrons. The first-order valence-corrected chi connectivity index (χ1v) is 5.81. The second-order valence-corrected chi connectivity index (χ2v) is 3.64. The molecule has 2 amide bonds. The summed E-state index contributed by atoms with van der Waals surface area (Å²) in [5.74, 6) is 5.01. The molecule has 0 unspecified atom stereocenters. The first-order valence-electron chi connectivity index (χ1n) is 5.81. The molecule has 6 nitrogen and oxygen atoms in total. The van der Waals surface area contributed by atoms with Gasteiger partial charge in [-0.2, -0.15) is 0 Å². The van der Waals surface area contributed by atoms with Crippen molar-refractivity contribution in [2.45, 2.75) is 6.92 Å². The van der Waals surface area contributed by atoms with Crippen LogP contribution in [0.2, 0.25) is 0 Å². The number of carbonyl (C=O) groups excluding carboxylic acids is 2. The number of rotatable bonds is 4. The molecule has 0 aromatic carbocycles. The van der Waals surface area contributed by atoms with Crippen LogP contribution >= 0.6 is 0 Å². The van der Waals surface area contributed by atoms with Crippen LogP contribution in [-0.4, -0.2) is 36.4 Å². The van der Waals surface area contributed by atoms with Crippen molar-refractivity contribution >= 4 is 11.8 Å². The van der Waals surface area contributed by atoms with Gasteiger partial charge in [0.15, 0.2) is 0 Å². The predicted octanol–water partition coefficient (Wildman–Crippen LogP) is -0.742. The number of nitrogens with two attached hydrogens (primary N) is 1. The third-order valence-corrected chi connectivity index (χ3v) is 2.13. The topological polar surface area (TPSA) is 97.1 Å². The van der Waals surface area contributed by atoms with E-state index in [4.69, 9.17) is 5.73 Å². The summed E-state index contributed by atoms with van der Waals surface area (Å²) < 4.78 is 0. The fourth-order valence-electron chi connectivity index (χ4n) is 1.33. The van der Waals surface area contributed by atoms with Gasteiger partial charge in [0.1, 0.15) is 5.69 Å². The van der Waals surface area contributed by atoms with E-state index < -0.39 is 0 Å². The fourth-order valence-corrected chi connectivity index (χ4v) is 1.33. The molecular weight excluding hydrogens is 244 g/mol. The number of amides is 2. The lowest BCUT2D eigenvalue weighted by atomic mass is 10.2. The van der Waals surface area contributed by atoms with Crippen molar-refractivity contribution in [1.82, 2.24) is 15.6 Å². The summed E-state index contributed by atoms with van der Waals surface area (Å²) in [6, 6.07) is 3.41. The minimum atomic E-state index is -0.327. The second-order valence-electron chi connectivity index (χ2n) is 3.64. The lowest BCUT2D eigenvalue weighted by Crippen LogP contribution is -2.34. The van der Waals surface area contributed by atoms with Crippen LogP contribution in [0.3, 0.4) is 0 Å². The molecule has 0 saturated carbocycles. The molecule has 1 rings (SSSR count). The maximum absolute atomic E-state index is 11.9. The van der Waals surface area contributed by atoms with E-state index in [1.165, 1.54) is 13.1 Å². The zero-order chi connectivity index (χ0) is 14.1. The van der Waals surface area contributed by atoms with Gasteiger partial charge in [0.25, 0.3) is 5.91 Å². The van der Waals surface area contributed by atoms with Gasteiger partial charge >= 0.3 is 0 Å². The van der Waals surface area contributed by atoms with E-state index in [1.54, 1.807) is 12.1 Å². The zero-order valence-electron chi connectivity index (χ0n) is 10.7. The van der Waals surface area contributed by atoms with Crippen molar-refractivity contribution in [3.63, 3.8) is 0 Å². The van der Waals surface area contributed by atoms with Crippen molar-refractivity contribution in [3.8, 4) is 11.8 Å². The molecule has 1 aromatic heterocycles. The second kappa shape index (κ2) is 7.84. The summed E-state index contributed by atoms with van der Waals surface area (Å²) in [5.41, 5.74) is 6.08. The van der Waals surface area contributed by atoms with E-state index in [9.17, 15) is 9.59 Å². The maximum atomic E-state index is 11.9. The Hall–Kier alpha value is -2.39. The minimum absolute atomic E-state index is 0.137. The fraction of sp³-hybridized carbons (Fsp3) is 0.308.